The van der Waals surface area contributed by atoms with Crippen LogP contribution >= 0.6 is 11.8 Å². The van der Waals surface area contributed by atoms with E-state index in [1.165, 1.54) is 46.8 Å². The standard InChI is InChI=1S/C32H47B2NO4S/c1-11-13-14-22(12-2)21-35-25-17-15-23(33-36-29(3,4)30(5,6)37-33)19-27(25)40-28-20-24(16-18-26(28)35)34-38-31(7,8)32(9,10)39-34/h15-20,22H,11-14,21H2,1-10H3. The molecular formula is C32H47B2NO4S. The van der Waals surface area contributed by atoms with Crippen molar-refractivity contribution >= 4 is 48.3 Å². The van der Waals surface area contributed by atoms with Crippen molar-refractivity contribution in [2.24, 2.45) is 5.92 Å². The Morgan fingerprint density at radius 3 is 1.50 bits per heavy atom. The first kappa shape index (κ1) is 30.0. The zero-order chi connectivity index (χ0) is 29.1. The number of rotatable bonds is 8. The minimum absolute atomic E-state index is 0.370. The summed E-state index contributed by atoms with van der Waals surface area (Å²) in [5.41, 5.74) is 3.17. The Labute approximate surface area is 247 Å². The third kappa shape index (κ3) is 5.40. The number of hydrogen-bond donors (Lipinski definition) is 0. The van der Waals surface area contributed by atoms with Gasteiger partial charge in [-0.05, 0) is 103 Å². The first-order chi connectivity index (χ1) is 18.7. The highest BCUT2D eigenvalue weighted by atomic mass is 32.2. The van der Waals surface area contributed by atoms with E-state index in [-0.39, 0.29) is 36.6 Å². The molecule has 3 aliphatic heterocycles. The fourth-order valence-electron chi connectivity index (χ4n) is 5.54. The summed E-state index contributed by atoms with van der Waals surface area (Å²) in [5.74, 6) is 0.634. The molecule has 0 N–H and O–H groups in total. The van der Waals surface area contributed by atoms with E-state index in [0.717, 1.165) is 17.5 Å². The van der Waals surface area contributed by atoms with Crippen molar-refractivity contribution in [1.29, 1.82) is 0 Å². The summed E-state index contributed by atoms with van der Waals surface area (Å²) in [6.07, 6.45) is 4.92. The smallest absolute Gasteiger partial charge is 0.399 e. The van der Waals surface area contributed by atoms with Crippen LogP contribution in [-0.2, 0) is 18.6 Å². The minimum Gasteiger partial charge on any atom is -0.399 e. The van der Waals surface area contributed by atoms with Crippen LogP contribution < -0.4 is 15.8 Å². The Kier molecular flexibility index (Phi) is 8.02. The van der Waals surface area contributed by atoms with Crippen LogP contribution in [0, 0.1) is 5.92 Å². The Hall–Kier alpha value is -1.44. The van der Waals surface area contributed by atoms with E-state index in [2.05, 4.69) is 111 Å². The van der Waals surface area contributed by atoms with Gasteiger partial charge < -0.3 is 23.5 Å². The highest BCUT2D eigenvalue weighted by Crippen LogP contribution is 2.49. The molecule has 0 aliphatic carbocycles. The van der Waals surface area contributed by atoms with Crippen LogP contribution in [0.2, 0.25) is 0 Å². The zero-order valence-corrected chi connectivity index (χ0v) is 27.0. The highest BCUT2D eigenvalue weighted by molar-refractivity contribution is 7.99. The van der Waals surface area contributed by atoms with Crippen LogP contribution in [0.4, 0.5) is 11.4 Å². The Balaban J connectivity index is 1.51. The highest BCUT2D eigenvalue weighted by Gasteiger charge is 2.53. The molecule has 2 aromatic carbocycles. The maximum atomic E-state index is 6.41. The van der Waals surface area contributed by atoms with Crippen molar-refractivity contribution in [2.45, 2.75) is 127 Å². The average molecular weight is 563 g/mol. The van der Waals surface area contributed by atoms with Gasteiger partial charge in [0.05, 0.1) is 33.8 Å². The lowest BCUT2D eigenvalue weighted by atomic mass is 9.78. The van der Waals surface area contributed by atoms with E-state index in [9.17, 15) is 0 Å². The summed E-state index contributed by atoms with van der Waals surface area (Å²) >= 11 is 1.82. The van der Waals surface area contributed by atoms with E-state index < -0.39 is 0 Å². The maximum absolute atomic E-state index is 6.41. The van der Waals surface area contributed by atoms with E-state index >= 15 is 0 Å². The first-order valence-electron chi connectivity index (χ1n) is 15.1. The molecule has 5 rings (SSSR count). The average Bonchev–Trinajstić information content (AvgIpc) is 3.24. The van der Waals surface area contributed by atoms with Crippen LogP contribution in [0.25, 0.3) is 0 Å². The van der Waals surface area contributed by atoms with Crippen LogP contribution in [-0.4, -0.2) is 43.2 Å². The summed E-state index contributed by atoms with van der Waals surface area (Å²) in [5, 5.41) is 0. The van der Waals surface area contributed by atoms with Gasteiger partial charge in [0.2, 0.25) is 0 Å². The monoisotopic (exact) mass is 563 g/mol. The zero-order valence-electron chi connectivity index (χ0n) is 26.2. The normalized spacial score (nSPS) is 22.8. The van der Waals surface area contributed by atoms with Gasteiger partial charge in [0, 0.05) is 16.3 Å². The molecule has 0 radical (unpaired) electrons. The molecule has 0 bridgehead atoms. The van der Waals surface area contributed by atoms with E-state index in [4.69, 9.17) is 18.6 Å². The van der Waals surface area contributed by atoms with Gasteiger partial charge in [-0.15, -0.1) is 0 Å². The number of anilines is 2. The Morgan fingerprint density at radius 1 is 0.700 bits per heavy atom. The summed E-state index contributed by atoms with van der Waals surface area (Å²) in [7, 11) is -0.760. The molecule has 1 unspecified atom stereocenters. The lowest BCUT2D eigenvalue weighted by Gasteiger charge is -2.36. The predicted molar refractivity (Wildman–Crippen MR) is 169 cm³/mol. The summed E-state index contributed by atoms with van der Waals surface area (Å²) in [4.78, 5) is 5.00. The molecule has 1 atom stereocenters. The number of unbranched alkanes of at least 4 members (excludes halogenated alkanes) is 1. The molecule has 0 spiro atoms. The summed E-state index contributed by atoms with van der Waals surface area (Å²) in [6, 6.07) is 13.4. The molecule has 3 heterocycles. The molecule has 40 heavy (non-hydrogen) atoms. The third-order valence-corrected chi connectivity index (χ3v) is 10.9. The van der Waals surface area contributed by atoms with E-state index in [0.29, 0.717) is 5.92 Å². The number of fused-ring (bicyclic) bond motifs is 2. The van der Waals surface area contributed by atoms with Gasteiger partial charge >= 0.3 is 14.2 Å². The third-order valence-electron chi connectivity index (χ3n) is 9.80. The van der Waals surface area contributed by atoms with Gasteiger partial charge in [-0.25, -0.2) is 0 Å². The lowest BCUT2D eigenvalue weighted by molar-refractivity contribution is 0.00578. The molecule has 2 fully saturated rings. The van der Waals surface area contributed by atoms with Gasteiger partial charge in [0.1, 0.15) is 0 Å². The molecule has 0 saturated carbocycles. The van der Waals surface area contributed by atoms with Gasteiger partial charge in [-0.2, -0.15) is 0 Å². The van der Waals surface area contributed by atoms with Crippen LogP contribution in [0.1, 0.15) is 94.9 Å². The van der Waals surface area contributed by atoms with Crippen molar-refractivity contribution in [1.82, 2.24) is 0 Å². The van der Waals surface area contributed by atoms with E-state index in [1.807, 2.05) is 11.8 Å². The second-order valence-electron chi connectivity index (χ2n) is 13.8. The van der Waals surface area contributed by atoms with Crippen molar-refractivity contribution in [2.75, 3.05) is 11.4 Å². The molecule has 2 saturated heterocycles. The Morgan fingerprint density at radius 2 is 1.12 bits per heavy atom. The molecule has 0 aromatic heterocycles. The van der Waals surface area contributed by atoms with Gasteiger partial charge in [0.15, 0.2) is 0 Å². The van der Waals surface area contributed by atoms with Crippen molar-refractivity contribution in [3.63, 3.8) is 0 Å². The number of hydrogen-bond acceptors (Lipinski definition) is 6. The molecule has 3 aliphatic rings. The van der Waals surface area contributed by atoms with Crippen molar-refractivity contribution in [3.8, 4) is 0 Å². The fraction of sp³-hybridized carbons (Fsp3) is 0.625. The van der Waals surface area contributed by atoms with Crippen molar-refractivity contribution < 1.29 is 18.6 Å². The fourth-order valence-corrected chi connectivity index (χ4v) is 6.74. The molecule has 8 heteroatoms. The number of nitrogens with zero attached hydrogens (tertiary/aromatic N) is 1. The second-order valence-corrected chi connectivity index (χ2v) is 14.8. The molecular weight excluding hydrogens is 516 g/mol. The van der Waals surface area contributed by atoms with E-state index in [1.54, 1.807) is 0 Å². The largest absolute Gasteiger partial charge is 0.494 e. The quantitative estimate of drug-likeness (QED) is 0.319. The molecule has 5 nitrogen and oxygen atoms in total. The molecule has 0 amide bonds. The summed E-state index contributed by atoms with van der Waals surface area (Å²) in [6.45, 7) is 22.5. The van der Waals surface area contributed by atoms with Crippen molar-refractivity contribution in [3.05, 3.63) is 36.4 Å². The number of benzene rings is 2. The topological polar surface area (TPSA) is 40.2 Å². The van der Waals surface area contributed by atoms with Crippen LogP contribution in [0.5, 0.6) is 0 Å². The molecule has 2 aromatic rings. The Bertz CT molecular complexity index is 1130. The summed E-state index contributed by atoms with van der Waals surface area (Å²) < 4.78 is 25.6. The maximum Gasteiger partial charge on any atom is 0.494 e. The molecule has 216 valence electrons. The first-order valence-corrected chi connectivity index (χ1v) is 15.9. The minimum atomic E-state index is -0.380. The van der Waals surface area contributed by atoms with Crippen LogP contribution in [0.3, 0.4) is 0 Å². The van der Waals surface area contributed by atoms with Crippen LogP contribution in [0.15, 0.2) is 46.2 Å². The SMILES string of the molecule is CCCCC(CC)CN1c2ccc(B3OC(C)(C)C(C)(C)O3)cc2Sc2cc(B3OC(C)(C)C(C)(C)O3)ccc21. The van der Waals surface area contributed by atoms with Gasteiger partial charge in [-0.1, -0.05) is 57.0 Å². The second kappa shape index (κ2) is 10.7. The van der Waals surface area contributed by atoms with Gasteiger partial charge in [0.25, 0.3) is 0 Å². The lowest BCUT2D eigenvalue weighted by Crippen LogP contribution is -2.41. The van der Waals surface area contributed by atoms with Gasteiger partial charge in [-0.3, -0.25) is 0 Å². The predicted octanol–water partition coefficient (Wildman–Crippen LogP) is 7.10.